The highest BCUT2D eigenvalue weighted by Gasteiger charge is 2.55. The molecule has 138 valence electrons. The minimum Gasteiger partial charge on any atom is -0.493 e. The molecule has 1 aromatic rings. The van der Waals surface area contributed by atoms with Crippen molar-refractivity contribution in [2.24, 2.45) is 0 Å². The van der Waals surface area contributed by atoms with Gasteiger partial charge in [0.2, 0.25) is 0 Å². The van der Waals surface area contributed by atoms with Crippen molar-refractivity contribution in [1.82, 2.24) is 0 Å². The maximum atomic E-state index is 12.6. The molecule has 2 fully saturated rings. The predicted octanol–water partition coefficient (Wildman–Crippen LogP) is 2.26. The molecule has 1 aromatic carbocycles. The maximum Gasteiger partial charge on any atom is 0.338 e. The maximum absolute atomic E-state index is 12.6. The second-order valence-electron chi connectivity index (χ2n) is 7.43. The molecule has 4 atom stereocenters. The first-order chi connectivity index (χ1) is 11.9. The lowest BCUT2D eigenvalue weighted by Gasteiger charge is -2.44. The molecule has 0 aromatic heterocycles. The van der Waals surface area contributed by atoms with E-state index in [4.69, 9.17) is 18.9 Å². The summed E-state index contributed by atoms with van der Waals surface area (Å²) in [5, 5.41) is 0. The quantitative estimate of drug-likeness (QED) is 0.602. The summed E-state index contributed by atoms with van der Waals surface area (Å²) in [6.45, 7) is 0. The van der Waals surface area contributed by atoms with Crippen LogP contribution >= 0.6 is 0 Å². The SMILES string of the molecule is COc1ccc(C(=O)O[C@H]2CC3CC(OC)C(C2)[N+]3(C)C)cc1OC. The Morgan fingerprint density at radius 1 is 1.04 bits per heavy atom. The van der Waals surface area contributed by atoms with Gasteiger partial charge in [0, 0.05) is 26.4 Å². The first-order valence-corrected chi connectivity index (χ1v) is 8.69. The number of ether oxygens (including phenoxy) is 4. The number of quaternary nitrogens is 1. The molecule has 6 nitrogen and oxygen atoms in total. The largest absolute Gasteiger partial charge is 0.493 e. The Balaban J connectivity index is 1.70. The second-order valence-corrected chi connectivity index (χ2v) is 7.43. The lowest BCUT2D eigenvalue weighted by Crippen LogP contribution is -2.57. The van der Waals surface area contributed by atoms with Gasteiger partial charge in [-0.3, -0.25) is 0 Å². The van der Waals surface area contributed by atoms with Crippen LogP contribution in [0.3, 0.4) is 0 Å². The normalized spacial score (nSPS) is 30.0. The molecular formula is C19H28NO5+. The van der Waals surface area contributed by atoms with Crippen LogP contribution in [0.2, 0.25) is 0 Å². The number of methoxy groups -OCH3 is 3. The summed E-state index contributed by atoms with van der Waals surface area (Å²) >= 11 is 0. The molecule has 3 rings (SSSR count). The van der Waals surface area contributed by atoms with Gasteiger partial charge in [-0.2, -0.15) is 0 Å². The predicted molar refractivity (Wildman–Crippen MR) is 93.1 cm³/mol. The van der Waals surface area contributed by atoms with Crippen molar-refractivity contribution in [2.75, 3.05) is 35.4 Å². The van der Waals surface area contributed by atoms with E-state index in [1.54, 1.807) is 39.5 Å². The number of rotatable bonds is 5. The third-order valence-electron chi connectivity index (χ3n) is 5.96. The lowest BCUT2D eigenvalue weighted by molar-refractivity contribution is -0.932. The Labute approximate surface area is 149 Å². The zero-order valence-corrected chi connectivity index (χ0v) is 15.7. The molecule has 25 heavy (non-hydrogen) atoms. The van der Waals surface area contributed by atoms with Crippen molar-refractivity contribution in [2.45, 2.75) is 43.6 Å². The Bertz CT molecular complexity index is 645. The summed E-state index contributed by atoms with van der Waals surface area (Å²) in [5.74, 6) is 0.807. The van der Waals surface area contributed by atoms with Crippen LogP contribution in [0.5, 0.6) is 11.5 Å². The van der Waals surface area contributed by atoms with Crippen molar-refractivity contribution in [3.63, 3.8) is 0 Å². The molecule has 0 radical (unpaired) electrons. The van der Waals surface area contributed by atoms with Gasteiger partial charge in [-0.05, 0) is 18.2 Å². The summed E-state index contributed by atoms with van der Waals surface area (Å²) in [5.41, 5.74) is 0.479. The third-order valence-corrected chi connectivity index (χ3v) is 5.96. The minimum atomic E-state index is -0.313. The van der Waals surface area contributed by atoms with E-state index in [1.807, 2.05) is 0 Å². The molecule has 2 aliphatic heterocycles. The number of carbonyl (C=O) groups excluding carboxylic acids is 1. The highest BCUT2D eigenvalue weighted by Crippen LogP contribution is 2.42. The highest BCUT2D eigenvalue weighted by atomic mass is 16.5. The van der Waals surface area contributed by atoms with Crippen LogP contribution < -0.4 is 9.47 Å². The van der Waals surface area contributed by atoms with Gasteiger partial charge in [-0.1, -0.05) is 0 Å². The summed E-state index contributed by atoms with van der Waals surface area (Å²) in [6, 6.07) is 5.93. The first kappa shape index (κ1) is 18.0. The molecule has 2 saturated heterocycles. The molecule has 0 N–H and O–H groups in total. The van der Waals surface area contributed by atoms with Gasteiger partial charge < -0.3 is 23.4 Å². The second kappa shape index (κ2) is 6.84. The van der Waals surface area contributed by atoms with Gasteiger partial charge in [-0.15, -0.1) is 0 Å². The van der Waals surface area contributed by atoms with Gasteiger partial charge >= 0.3 is 5.97 Å². The molecule has 0 amide bonds. The zero-order chi connectivity index (χ0) is 18.2. The van der Waals surface area contributed by atoms with Crippen LogP contribution in [0, 0.1) is 0 Å². The molecule has 0 aliphatic carbocycles. The smallest absolute Gasteiger partial charge is 0.338 e. The Hall–Kier alpha value is -1.79. The highest BCUT2D eigenvalue weighted by molar-refractivity contribution is 5.90. The third kappa shape index (κ3) is 3.20. The fraction of sp³-hybridized carbons (Fsp3) is 0.632. The van der Waals surface area contributed by atoms with Crippen LogP contribution in [-0.4, -0.2) is 70.2 Å². The molecule has 0 spiro atoms. The number of likely N-dealkylation sites (N-methyl/N-ethyl adjacent to an activating group) is 1. The Morgan fingerprint density at radius 2 is 1.76 bits per heavy atom. The number of carbonyl (C=O) groups is 1. The van der Waals surface area contributed by atoms with E-state index < -0.39 is 0 Å². The summed E-state index contributed by atoms with van der Waals surface area (Å²) in [6.07, 6.45) is 2.91. The summed E-state index contributed by atoms with van der Waals surface area (Å²) in [4.78, 5) is 12.6. The minimum absolute atomic E-state index is 0.0677. The van der Waals surface area contributed by atoms with E-state index in [0.717, 1.165) is 23.7 Å². The zero-order valence-electron chi connectivity index (χ0n) is 15.7. The molecule has 2 aliphatic rings. The summed E-state index contributed by atoms with van der Waals surface area (Å²) < 4.78 is 22.9. The fourth-order valence-electron chi connectivity index (χ4n) is 4.39. The molecule has 2 heterocycles. The van der Waals surface area contributed by atoms with Gasteiger partial charge in [0.05, 0.1) is 39.9 Å². The van der Waals surface area contributed by atoms with Gasteiger partial charge in [0.25, 0.3) is 0 Å². The Morgan fingerprint density at radius 3 is 2.40 bits per heavy atom. The monoisotopic (exact) mass is 350 g/mol. The van der Waals surface area contributed by atoms with Gasteiger partial charge in [0.1, 0.15) is 18.2 Å². The van der Waals surface area contributed by atoms with Crippen molar-refractivity contribution in [3.05, 3.63) is 23.8 Å². The molecule has 0 saturated carbocycles. The van der Waals surface area contributed by atoms with E-state index in [1.165, 1.54) is 0 Å². The average molecular weight is 350 g/mol. The molecule has 2 bridgehead atoms. The number of nitrogens with zero attached hydrogens (tertiary/aromatic N) is 1. The number of benzene rings is 1. The molecule has 6 heteroatoms. The lowest BCUT2D eigenvalue weighted by atomic mass is 9.97. The van der Waals surface area contributed by atoms with E-state index in [0.29, 0.717) is 29.1 Å². The standard InChI is InChI=1S/C19H28NO5/c1-20(2)13-9-14(11-15(20)17(10-13)23-4)25-19(21)12-6-7-16(22-3)18(8-12)24-5/h6-8,13-15,17H,9-11H2,1-5H3/q+1/t13?,14-,15?,17?/m0/s1. The van der Waals surface area contributed by atoms with Crippen molar-refractivity contribution in [1.29, 1.82) is 0 Å². The number of fused-ring (bicyclic) bond motifs is 2. The van der Waals surface area contributed by atoms with E-state index >= 15 is 0 Å². The number of piperidine rings is 1. The van der Waals surface area contributed by atoms with Gasteiger partial charge in [0.15, 0.2) is 11.5 Å². The van der Waals surface area contributed by atoms with Crippen LogP contribution in [0.4, 0.5) is 0 Å². The van der Waals surface area contributed by atoms with Crippen LogP contribution in [0.15, 0.2) is 18.2 Å². The molecule has 3 unspecified atom stereocenters. The number of esters is 1. The summed E-state index contributed by atoms with van der Waals surface area (Å²) in [7, 11) is 9.40. The fourth-order valence-corrected chi connectivity index (χ4v) is 4.39. The van der Waals surface area contributed by atoms with Crippen molar-refractivity contribution in [3.8, 4) is 11.5 Å². The van der Waals surface area contributed by atoms with E-state index in [-0.39, 0.29) is 18.2 Å². The Kier molecular flexibility index (Phi) is 4.93. The van der Waals surface area contributed by atoms with Crippen molar-refractivity contribution >= 4 is 5.97 Å². The number of hydrogen-bond donors (Lipinski definition) is 0. The molecular weight excluding hydrogens is 322 g/mol. The van der Waals surface area contributed by atoms with Crippen LogP contribution in [0.25, 0.3) is 0 Å². The van der Waals surface area contributed by atoms with E-state index in [2.05, 4.69) is 14.1 Å². The first-order valence-electron chi connectivity index (χ1n) is 8.69. The van der Waals surface area contributed by atoms with Gasteiger partial charge in [-0.25, -0.2) is 4.79 Å². The number of hydrogen-bond acceptors (Lipinski definition) is 5. The topological polar surface area (TPSA) is 54.0 Å². The average Bonchev–Trinajstić information content (AvgIpc) is 2.76. The van der Waals surface area contributed by atoms with Crippen LogP contribution in [0.1, 0.15) is 29.6 Å². The van der Waals surface area contributed by atoms with Crippen molar-refractivity contribution < 1.29 is 28.2 Å². The van der Waals surface area contributed by atoms with Crippen LogP contribution in [-0.2, 0) is 9.47 Å². The van der Waals surface area contributed by atoms with E-state index in [9.17, 15) is 4.79 Å².